The van der Waals surface area contributed by atoms with Gasteiger partial charge in [-0.2, -0.15) is 0 Å². The lowest BCUT2D eigenvalue weighted by Crippen LogP contribution is -2.53. The number of nitrogens with one attached hydrogen (secondary N) is 1. The highest BCUT2D eigenvalue weighted by Gasteiger charge is 2.29. The molecule has 2 fully saturated rings. The van der Waals surface area contributed by atoms with E-state index in [9.17, 15) is 9.90 Å². The van der Waals surface area contributed by atoms with Crippen LogP contribution in [0.15, 0.2) is 24.5 Å². The summed E-state index contributed by atoms with van der Waals surface area (Å²) < 4.78 is 0. The lowest BCUT2D eigenvalue weighted by molar-refractivity contribution is 0.0423. The Labute approximate surface area is 150 Å². The number of pyridine rings is 1. The van der Waals surface area contributed by atoms with Crippen LogP contribution in [0.5, 0.6) is 0 Å². The van der Waals surface area contributed by atoms with Gasteiger partial charge in [0.05, 0.1) is 6.10 Å². The first kappa shape index (κ1) is 18.1. The minimum absolute atomic E-state index is 0.0128. The normalized spacial score (nSPS) is 25.8. The molecule has 0 aliphatic carbocycles. The maximum atomic E-state index is 12.4. The number of nitrogens with zero attached hydrogens (tertiary/aromatic N) is 3. The molecule has 25 heavy (non-hydrogen) atoms. The second-order valence-corrected chi connectivity index (χ2v) is 7.45. The van der Waals surface area contributed by atoms with Gasteiger partial charge in [0, 0.05) is 51.2 Å². The van der Waals surface area contributed by atoms with E-state index in [1.165, 1.54) is 5.56 Å². The Bertz CT molecular complexity index is 546. The van der Waals surface area contributed by atoms with Crippen molar-refractivity contribution in [3.8, 4) is 0 Å². The van der Waals surface area contributed by atoms with E-state index in [1.807, 2.05) is 19.3 Å². The molecule has 3 rings (SSSR count). The van der Waals surface area contributed by atoms with Gasteiger partial charge in [-0.1, -0.05) is 6.92 Å². The molecule has 0 bridgehead atoms. The van der Waals surface area contributed by atoms with Gasteiger partial charge in [0.2, 0.25) is 0 Å². The Morgan fingerprint density at radius 1 is 1.24 bits per heavy atom. The predicted molar refractivity (Wildman–Crippen MR) is 97.3 cm³/mol. The van der Waals surface area contributed by atoms with Crippen molar-refractivity contribution in [1.82, 2.24) is 20.1 Å². The number of amides is 2. The number of rotatable bonds is 4. The number of carbonyl (C=O) groups is 1. The van der Waals surface area contributed by atoms with Crippen LogP contribution in [0.25, 0.3) is 0 Å². The SMILES string of the molecule is CC1CCN(C(=O)NC2CCN(CCc3ccncc3)CC2)CC1O. The summed E-state index contributed by atoms with van der Waals surface area (Å²) in [6, 6.07) is 4.38. The third kappa shape index (κ3) is 5.16. The van der Waals surface area contributed by atoms with Crippen LogP contribution in [-0.4, -0.2) is 70.8 Å². The summed E-state index contributed by atoms with van der Waals surface area (Å²) in [5.74, 6) is 0.285. The van der Waals surface area contributed by atoms with Crippen LogP contribution >= 0.6 is 0 Å². The second kappa shape index (κ2) is 8.63. The largest absolute Gasteiger partial charge is 0.391 e. The lowest BCUT2D eigenvalue weighted by atomic mass is 9.96. The number of hydrogen-bond donors (Lipinski definition) is 2. The Hall–Kier alpha value is -1.66. The van der Waals surface area contributed by atoms with Gasteiger partial charge in [-0.15, -0.1) is 0 Å². The molecule has 2 unspecified atom stereocenters. The Morgan fingerprint density at radius 2 is 1.96 bits per heavy atom. The molecule has 6 nitrogen and oxygen atoms in total. The van der Waals surface area contributed by atoms with Gasteiger partial charge >= 0.3 is 6.03 Å². The number of aromatic nitrogens is 1. The number of hydrogen-bond acceptors (Lipinski definition) is 4. The van der Waals surface area contributed by atoms with Gasteiger partial charge in [0.1, 0.15) is 0 Å². The van der Waals surface area contributed by atoms with Crippen molar-refractivity contribution < 1.29 is 9.90 Å². The Morgan fingerprint density at radius 3 is 2.64 bits per heavy atom. The minimum Gasteiger partial charge on any atom is -0.391 e. The Kier molecular flexibility index (Phi) is 6.26. The first-order valence-electron chi connectivity index (χ1n) is 9.46. The van der Waals surface area contributed by atoms with Crippen molar-refractivity contribution in [2.45, 2.75) is 44.8 Å². The zero-order chi connectivity index (χ0) is 17.6. The minimum atomic E-state index is -0.394. The molecule has 0 radical (unpaired) electrons. The summed E-state index contributed by atoms with van der Waals surface area (Å²) >= 11 is 0. The smallest absolute Gasteiger partial charge is 0.317 e. The molecule has 1 aromatic rings. The summed E-state index contributed by atoms with van der Waals surface area (Å²) in [4.78, 5) is 20.7. The van der Waals surface area contributed by atoms with Gasteiger partial charge in [-0.25, -0.2) is 4.79 Å². The predicted octanol–water partition coefficient (Wildman–Crippen LogP) is 1.50. The van der Waals surface area contributed by atoms with E-state index in [-0.39, 0.29) is 18.0 Å². The number of aliphatic hydroxyl groups excluding tert-OH is 1. The number of piperidine rings is 2. The van der Waals surface area contributed by atoms with E-state index in [2.05, 4.69) is 27.3 Å². The van der Waals surface area contributed by atoms with Crippen LogP contribution in [0.3, 0.4) is 0 Å². The maximum Gasteiger partial charge on any atom is 0.317 e. The molecule has 3 heterocycles. The third-order valence-corrected chi connectivity index (χ3v) is 5.59. The van der Waals surface area contributed by atoms with E-state index in [0.29, 0.717) is 6.54 Å². The number of carbonyl (C=O) groups excluding carboxylic acids is 1. The topological polar surface area (TPSA) is 68.7 Å². The summed E-state index contributed by atoms with van der Waals surface area (Å²) in [7, 11) is 0. The van der Waals surface area contributed by atoms with E-state index < -0.39 is 6.10 Å². The quantitative estimate of drug-likeness (QED) is 0.867. The van der Waals surface area contributed by atoms with Crippen molar-refractivity contribution in [3.63, 3.8) is 0 Å². The summed E-state index contributed by atoms with van der Waals surface area (Å²) in [6.07, 6.45) is 7.20. The highest BCUT2D eigenvalue weighted by atomic mass is 16.3. The first-order valence-corrected chi connectivity index (χ1v) is 9.46. The Balaban J connectivity index is 1.37. The summed E-state index contributed by atoms with van der Waals surface area (Å²) in [6.45, 7) is 6.35. The van der Waals surface area contributed by atoms with Crippen LogP contribution in [0.2, 0.25) is 0 Å². The molecule has 0 spiro atoms. The average molecular weight is 346 g/mol. The fourth-order valence-corrected chi connectivity index (χ4v) is 3.64. The molecule has 0 aromatic carbocycles. The number of β-amino-alcohol motifs (C(OH)–C–C–N with tert-alkyl or cyclic N) is 1. The van der Waals surface area contributed by atoms with Crippen molar-refractivity contribution >= 4 is 6.03 Å². The standard InChI is InChI=1S/C19H30N4O2/c1-15-4-13-23(14-18(15)24)19(25)21-17-6-11-22(12-7-17)10-5-16-2-8-20-9-3-16/h2-3,8-9,15,17-18,24H,4-7,10-14H2,1H3,(H,21,25). The second-order valence-electron chi connectivity index (χ2n) is 7.45. The first-order chi connectivity index (χ1) is 12.1. The molecule has 2 atom stereocenters. The van der Waals surface area contributed by atoms with E-state index in [4.69, 9.17) is 0 Å². The van der Waals surface area contributed by atoms with Gasteiger partial charge in [-0.05, 0) is 49.3 Å². The number of urea groups is 1. The molecular formula is C19H30N4O2. The van der Waals surface area contributed by atoms with Crippen molar-refractivity contribution in [2.75, 3.05) is 32.7 Å². The van der Waals surface area contributed by atoms with Crippen LogP contribution in [0.4, 0.5) is 4.79 Å². The van der Waals surface area contributed by atoms with E-state index in [1.54, 1.807) is 4.90 Å². The molecule has 6 heteroatoms. The van der Waals surface area contributed by atoms with Crippen molar-refractivity contribution in [2.24, 2.45) is 5.92 Å². The highest BCUT2D eigenvalue weighted by Crippen LogP contribution is 2.18. The molecule has 1 aromatic heterocycles. The maximum absolute atomic E-state index is 12.4. The van der Waals surface area contributed by atoms with E-state index >= 15 is 0 Å². The molecule has 2 N–H and O–H groups in total. The lowest BCUT2D eigenvalue weighted by Gasteiger charge is -2.37. The van der Waals surface area contributed by atoms with Crippen molar-refractivity contribution in [3.05, 3.63) is 30.1 Å². The molecule has 2 aliphatic heterocycles. The summed E-state index contributed by atoms with van der Waals surface area (Å²) in [5, 5.41) is 13.1. The number of likely N-dealkylation sites (tertiary alicyclic amines) is 2. The molecule has 0 saturated carbocycles. The molecule has 138 valence electrons. The third-order valence-electron chi connectivity index (χ3n) is 5.59. The van der Waals surface area contributed by atoms with Crippen LogP contribution in [-0.2, 0) is 6.42 Å². The monoisotopic (exact) mass is 346 g/mol. The van der Waals surface area contributed by atoms with Crippen LogP contribution < -0.4 is 5.32 Å². The molecule has 2 saturated heterocycles. The zero-order valence-electron chi connectivity index (χ0n) is 15.1. The van der Waals surface area contributed by atoms with Gasteiger partial charge < -0.3 is 20.2 Å². The number of aliphatic hydroxyl groups is 1. The van der Waals surface area contributed by atoms with Gasteiger partial charge in [-0.3, -0.25) is 4.98 Å². The fourth-order valence-electron chi connectivity index (χ4n) is 3.64. The van der Waals surface area contributed by atoms with Crippen molar-refractivity contribution in [1.29, 1.82) is 0 Å². The zero-order valence-corrected chi connectivity index (χ0v) is 15.1. The molecule has 2 amide bonds. The fraction of sp³-hybridized carbons (Fsp3) is 0.684. The summed E-state index contributed by atoms with van der Waals surface area (Å²) in [5.41, 5.74) is 1.32. The highest BCUT2D eigenvalue weighted by molar-refractivity contribution is 5.74. The van der Waals surface area contributed by atoms with Gasteiger partial charge in [0.25, 0.3) is 0 Å². The van der Waals surface area contributed by atoms with Crippen LogP contribution in [0.1, 0.15) is 31.7 Å². The van der Waals surface area contributed by atoms with Gasteiger partial charge in [0.15, 0.2) is 0 Å². The average Bonchev–Trinajstić information content (AvgIpc) is 2.64. The molecular weight excluding hydrogens is 316 g/mol. The van der Waals surface area contributed by atoms with Crippen LogP contribution in [0, 0.1) is 5.92 Å². The molecule has 2 aliphatic rings. The van der Waals surface area contributed by atoms with E-state index in [0.717, 1.165) is 51.9 Å².